The molecule has 0 saturated heterocycles. The second-order valence-corrected chi connectivity index (χ2v) is 12.4. The Labute approximate surface area is 296 Å². The predicted octanol–water partition coefficient (Wildman–Crippen LogP) is 2.67. The molecule has 11 nitrogen and oxygen atoms in total. The van der Waals surface area contributed by atoms with Gasteiger partial charge in [0.05, 0.1) is 12.6 Å². The number of fused-ring (bicyclic) bond motifs is 18. The van der Waals surface area contributed by atoms with Crippen molar-refractivity contribution in [2.75, 3.05) is 13.1 Å². The molecule has 0 spiro atoms. The molecule has 2 aliphatic heterocycles. The van der Waals surface area contributed by atoms with Gasteiger partial charge >= 0.3 is 0 Å². The first-order valence-electron chi connectivity index (χ1n) is 16.9. The van der Waals surface area contributed by atoms with Gasteiger partial charge in [-0.05, 0) is 59.2 Å². The van der Waals surface area contributed by atoms with Gasteiger partial charge in [0.2, 0.25) is 23.6 Å². The van der Waals surface area contributed by atoms with Crippen LogP contribution in [0, 0.1) is 0 Å². The first-order chi connectivity index (χ1) is 24.8. The summed E-state index contributed by atoms with van der Waals surface area (Å²) in [7, 11) is 0. The molecule has 3 atom stereocenters. The normalized spacial score (nSPS) is 19.4. The molecule has 2 aliphatic rings. The van der Waals surface area contributed by atoms with Crippen LogP contribution in [0.5, 0.6) is 0 Å². The van der Waals surface area contributed by atoms with Gasteiger partial charge in [-0.1, -0.05) is 97.1 Å². The molecule has 2 heterocycles. The number of carbonyl (C=O) groups excluding carboxylic acids is 6. The van der Waals surface area contributed by atoms with Crippen molar-refractivity contribution >= 4 is 35.8 Å². The fraction of sp³-hybridized carbons (Fsp3) is 0.250. The summed E-state index contributed by atoms with van der Waals surface area (Å²) in [5.41, 5.74) is 4.81. The average molecular weight is 688 g/mol. The third-order valence-corrected chi connectivity index (χ3v) is 8.59. The monoisotopic (exact) mass is 687 g/mol. The van der Waals surface area contributed by atoms with Gasteiger partial charge in [-0.25, -0.2) is 0 Å². The Bertz CT molecular complexity index is 1810. The molecule has 5 amide bonds. The third-order valence-electron chi connectivity index (χ3n) is 8.59. The van der Waals surface area contributed by atoms with E-state index in [9.17, 15) is 28.8 Å². The summed E-state index contributed by atoms with van der Waals surface area (Å²) in [6.45, 7) is -0.404. The SMILES string of the molecule is O=C[C@@H]1Cc2ccc(cc2)C(=O)NCCC(=O)N[C@H](CCc2ccccc2)C(=O)N[C@H](Cc2ccc(-c3ccccc3)cc2)C(=O)NCC(=O)N1. The van der Waals surface area contributed by atoms with Crippen molar-refractivity contribution in [3.05, 3.63) is 131 Å². The van der Waals surface area contributed by atoms with E-state index in [0.29, 0.717) is 23.8 Å². The zero-order chi connectivity index (χ0) is 36.0. The van der Waals surface area contributed by atoms with E-state index >= 15 is 0 Å². The Morgan fingerprint density at radius 3 is 1.92 bits per heavy atom. The van der Waals surface area contributed by atoms with E-state index in [0.717, 1.165) is 22.3 Å². The maximum absolute atomic E-state index is 13.9. The zero-order valence-corrected chi connectivity index (χ0v) is 28.1. The fourth-order valence-electron chi connectivity index (χ4n) is 5.79. The quantitative estimate of drug-likeness (QED) is 0.148. The Balaban J connectivity index is 1.38. The number of carbonyl (C=O) groups is 6. The van der Waals surface area contributed by atoms with Gasteiger partial charge in [-0.3, -0.25) is 24.0 Å². The molecule has 262 valence electrons. The number of aryl methyl sites for hydroxylation is 1. The third kappa shape index (κ3) is 10.9. The van der Waals surface area contributed by atoms with Gasteiger partial charge in [0.15, 0.2) is 0 Å². The minimum absolute atomic E-state index is 0.0305. The molecule has 11 heteroatoms. The van der Waals surface area contributed by atoms with Gasteiger partial charge in [0.25, 0.3) is 5.91 Å². The highest BCUT2D eigenvalue weighted by Gasteiger charge is 2.28. The van der Waals surface area contributed by atoms with E-state index in [-0.39, 0.29) is 38.1 Å². The van der Waals surface area contributed by atoms with Crippen LogP contribution in [0.1, 0.15) is 39.9 Å². The van der Waals surface area contributed by atoms with Crippen molar-refractivity contribution < 1.29 is 28.8 Å². The molecule has 2 bridgehead atoms. The van der Waals surface area contributed by atoms with Gasteiger partial charge in [0, 0.05) is 24.9 Å². The maximum Gasteiger partial charge on any atom is 0.251 e. The number of benzene rings is 4. The van der Waals surface area contributed by atoms with Crippen molar-refractivity contribution in [1.29, 1.82) is 0 Å². The van der Waals surface area contributed by atoms with E-state index in [1.165, 1.54) is 0 Å². The topological polar surface area (TPSA) is 163 Å². The van der Waals surface area contributed by atoms with E-state index in [4.69, 9.17) is 0 Å². The summed E-state index contributed by atoms with van der Waals surface area (Å²) in [5, 5.41) is 13.5. The fourth-order valence-corrected chi connectivity index (χ4v) is 5.79. The van der Waals surface area contributed by atoms with Crippen molar-refractivity contribution in [2.24, 2.45) is 0 Å². The molecular weight excluding hydrogens is 646 g/mol. The van der Waals surface area contributed by atoms with Crippen LogP contribution >= 0.6 is 0 Å². The largest absolute Gasteiger partial charge is 0.352 e. The highest BCUT2D eigenvalue weighted by Crippen LogP contribution is 2.20. The van der Waals surface area contributed by atoms with Crippen LogP contribution in [0.15, 0.2) is 109 Å². The lowest BCUT2D eigenvalue weighted by molar-refractivity contribution is -0.133. The lowest BCUT2D eigenvalue weighted by Crippen LogP contribution is -2.55. The van der Waals surface area contributed by atoms with E-state index in [2.05, 4.69) is 26.6 Å². The summed E-state index contributed by atoms with van der Waals surface area (Å²) in [6.07, 6.45) is 1.53. The van der Waals surface area contributed by atoms with Crippen LogP contribution in [0.2, 0.25) is 0 Å². The molecular formula is C40H41N5O6. The van der Waals surface area contributed by atoms with Crippen LogP contribution in [0.25, 0.3) is 11.1 Å². The van der Waals surface area contributed by atoms with Crippen LogP contribution < -0.4 is 26.6 Å². The van der Waals surface area contributed by atoms with Gasteiger partial charge in [-0.15, -0.1) is 0 Å². The summed E-state index contributed by atoms with van der Waals surface area (Å²) >= 11 is 0. The first kappa shape index (κ1) is 36.2. The second-order valence-electron chi connectivity index (χ2n) is 12.4. The number of amides is 5. The zero-order valence-electron chi connectivity index (χ0n) is 28.1. The molecule has 4 aromatic carbocycles. The van der Waals surface area contributed by atoms with Gasteiger partial charge in [-0.2, -0.15) is 0 Å². The molecule has 5 N–H and O–H groups in total. The number of hydrogen-bond donors (Lipinski definition) is 5. The minimum Gasteiger partial charge on any atom is -0.352 e. The molecule has 0 aromatic heterocycles. The predicted molar refractivity (Wildman–Crippen MR) is 192 cm³/mol. The average Bonchev–Trinajstić information content (AvgIpc) is 3.15. The second kappa shape index (κ2) is 18.1. The highest BCUT2D eigenvalue weighted by molar-refractivity contribution is 5.95. The van der Waals surface area contributed by atoms with Crippen molar-refractivity contribution in [3.8, 4) is 11.1 Å². The Kier molecular flexibility index (Phi) is 12.8. The number of nitrogens with one attached hydrogen (secondary N) is 5. The molecule has 6 rings (SSSR count). The van der Waals surface area contributed by atoms with E-state index in [1.54, 1.807) is 24.3 Å². The summed E-state index contributed by atoms with van der Waals surface area (Å²) < 4.78 is 0. The van der Waals surface area contributed by atoms with E-state index in [1.807, 2.05) is 84.9 Å². The van der Waals surface area contributed by atoms with Crippen molar-refractivity contribution in [1.82, 2.24) is 26.6 Å². The summed E-state index contributed by atoms with van der Waals surface area (Å²) in [6, 6.07) is 30.5. The smallest absolute Gasteiger partial charge is 0.251 e. The van der Waals surface area contributed by atoms with Gasteiger partial charge < -0.3 is 31.4 Å². The molecule has 0 saturated carbocycles. The molecule has 51 heavy (non-hydrogen) atoms. The molecule has 0 fully saturated rings. The van der Waals surface area contributed by atoms with Crippen LogP contribution in [0.3, 0.4) is 0 Å². The Hall–Kier alpha value is -6.10. The first-order valence-corrected chi connectivity index (χ1v) is 16.9. The number of hydrogen-bond acceptors (Lipinski definition) is 6. The molecule has 4 aromatic rings. The molecule has 0 aliphatic carbocycles. The lowest BCUT2D eigenvalue weighted by atomic mass is 9.99. The maximum atomic E-state index is 13.9. The van der Waals surface area contributed by atoms with Crippen molar-refractivity contribution in [2.45, 2.75) is 50.2 Å². The Morgan fingerprint density at radius 2 is 1.24 bits per heavy atom. The summed E-state index contributed by atoms with van der Waals surface area (Å²) in [5.74, 6) is -2.60. The van der Waals surface area contributed by atoms with Gasteiger partial charge in [0.1, 0.15) is 18.4 Å². The number of rotatable bonds is 7. The standard InChI is InChI=1S/C40H41N5O6/c46-26-33-23-28-13-18-32(19-14-28)38(49)41-22-21-36(47)44-34(20-15-27-7-3-1-4-8-27)40(51)45-35(39(50)42-25-37(48)43-33)24-29-11-16-31(17-12-29)30-9-5-2-6-10-30/h1-14,16-19,26,33-35H,15,20-25H2,(H,41,49)(H,42,50)(H,43,48)(H,44,47)(H,45,51)/t33-,34+,35+/m0/s1. The van der Waals surface area contributed by atoms with Crippen LogP contribution in [-0.4, -0.2) is 67.0 Å². The van der Waals surface area contributed by atoms with Crippen molar-refractivity contribution in [3.63, 3.8) is 0 Å². The Morgan fingerprint density at radius 1 is 0.588 bits per heavy atom. The van der Waals surface area contributed by atoms with Crippen LogP contribution in [0.4, 0.5) is 0 Å². The summed E-state index contributed by atoms with van der Waals surface area (Å²) in [4.78, 5) is 77.9. The number of aldehydes is 1. The highest BCUT2D eigenvalue weighted by atomic mass is 16.2. The molecule has 0 unspecified atom stereocenters. The molecule has 0 radical (unpaired) electrons. The minimum atomic E-state index is -1.10. The lowest BCUT2D eigenvalue weighted by Gasteiger charge is -2.24. The van der Waals surface area contributed by atoms with E-state index < -0.39 is 48.3 Å². The van der Waals surface area contributed by atoms with Crippen LogP contribution in [-0.2, 0) is 43.2 Å².